The third kappa shape index (κ3) is 4.18. The topological polar surface area (TPSA) is 29.1 Å². The third-order valence-electron chi connectivity index (χ3n) is 2.30. The quantitative estimate of drug-likeness (QED) is 0.606. The standard InChI is InChI=1S/C14H17NO/c1-3-4-5-6-11-14(16)15-13-10-8-7-9-12(13)2/h7-10H,5-6,11H2,1-2H3,(H,15,16). The van der Waals surface area contributed by atoms with E-state index in [0.717, 1.165) is 24.1 Å². The Balaban J connectivity index is 2.39. The van der Waals surface area contributed by atoms with Crippen molar-refractivity contribution >= 4 is 11.6 Å². The van der Waals surface area contributed by atoms with Crippen molar-refractivity contribution in [1.82, 2.24) is 0 Å². The van der Waals surface area contributed by atoms with E-state index in [4.69, 9.17) is 0 Å². The van der Waals surface area contributed by atoms with Crippen LogP contribution >= 0.6 is 0 Å². The van der Waals surface area contributed by atoms with E-state index in [-0.39, 0.29) is 5.91 Å². The summed E-state index contributed by atoms with van der Waals surface area (Å²) in [7, 11) is 0. The van der Waals surface area contributed by atoms with Crippen LogP contribution < -0.4 is 5.32 Å². The number of carbonyl (C=O) groups excluding carboxylic acids is 1. The number of nitrogens with one attached hydrogen (secondary N) is 1. The summed E-state index contributed by atoms with van der Waals surface area (Å²) >= 11 is 0. The number of aryl methyl sites for hydroxylation is 1. The second-order valence-corrected chi connectivity index (χ2v) is 3.64. The summed E-state index contributed by atoms with van der Waals surface area (Å²) in [6.45, 7) is 3.80. The molecule has 16 heavy (non-hydrogen) atoms. The van der Waals surface area contributed by atoms with Crippen LogP contribution in [0.1, 0.15) is 31.7 Å². The van der Waals surface area contributed by atoms with Crippen LogP contribution in [0.5, 0.6) is 0 Å². The minimum absolute atomic E-state index is 0.0622. The number of carbonyl (C=O) groups is 1. The molecule has 2 nitrogen and oxygen atoms in total. The summed E-state index contributed by atoms with van der Waals surface area (Å²) in [5, 5.41) is 2.90. The Hall–Kier alpha value is -1.75. The molecule has 1 amide bonds. The molecule has 0 spiro atoms. The first-order valence-corrected chi connectivity index (χ1v) is 5.49. The first-order valence-electron chi connectivity index (χ1n) is 5.49. The lowest BCUT2D eigenvalue weighted by Crippen LogP contribution is -2.11. The van der Waals surface area contributed by atoms with E-state index in [1.165, 1.54) is 0 Å². The van der Waals surface area contributed by atoms with Crippen molar-refractivity contribution in [2.75, 3.05) is 5.32 Å². The largest absolute Gasteiger partial charge is 0.326 e. The van der Waals surface area contributed by atoms with Crippen LogP contribution in [-0.4, -0.2) is 5.91 Å². The number of amides is 1. The van der Waals surface area contributed by atoms with E-state index >= 15 is 0 Å². The summed E-state index contributed by atoms with van der Waals surface area (Å²) in [5.74, 6) is 5.83. The molecule has 0 radical (unpaired) electrons. The number of hydrogen-bond donors (Lipinski definition) is 1. The van der Waals surface area contributed by atoms with Crippen LogP contribution in [0.25, 0.3) is 0 Å². The molecule has 84 valence electrons. The van der Waals surface area contributed by atoms with Gasteiger partial charge in [0.25, 0.3) is 0 Å². The lowest BCUT2D eigenvalue weighted by atomic mass is 10.2. The van der Waals surface area contributed by atoms with Gasteiger partial charge in [0.15, 0.2) is 0 Å². The van der Waals surface area contributed by atoms with Crippen LogP contribution in [0, 0.1) is 18.8 Å². The molecule has 0 unspecified atom stereocenters. The van der Waals surface area contributed by atoms with Gasteiger partial charge >= 0.3 is 0 Å². The van der Waals surface area contributed by atoms with Gasteiger partial charge in [0, 0.05) is 18.5 Å². The van der Waals surface area contributed by atoms with Crippen LogP contribution in [0.3, 0.4) is 0 Å². The molecule has 1 aromatic carbocycles. The first-order chi connectivity index (χ1) is 7.74. The molecule has 0 aliphatic heterocycles. The predicted octanol–water partition coefficient (Wildman–Crippen LogP) is 3.13. The molecule has 0 atom stereocenters. The van der Waals surface area contributed by atoms with Crippen molar-refractivity contribution in [3.8, 4) is 11.8 Å². The smallest absolute Gasteiger partial charge is 0.224 e. The van der Waals surface area contributed by atoms with E-state index in [9.17, 15) is 4.79 Å². The SMILES string of the molecule is CC#CCCCC(=O)Nc1ccccc1C. The second kappa shape index (κ2) is 6.68. The number of rotatable bonds is 4. The summed E-state index contributed by atoms with van der Waals surface area (Å²) in [5.41, 5.74) is 1.98. The van der Waals surface area contributed by atoms with Crippen molar-refractivity contribution < 1.29 is 4.79 Å². The normalized spacial score (nSPS) is 9.12. The molecule has 0 heterocycles. The Labute approximate surface area is 97.1 Å². The van der Waals surface area contributed by atoms with E-state index in [1.807, 2.05) is 38.1 Å². The Bertz CT molecular complexity index is 412. The fraction of sp³-hybridized carbons (Fsp3) is 0.357. The molecule has 0 aliphatic carbocycles. The zero-order chi connectivity index (χ0) is 11.8. The minimum Gasteiger partial charge on any atom is -0.326 e. The molecular weight excluding hydrogens is 198 g/mol. The summed E-state index contributed by atoms with van der Waals surface area (Å²) < 4.78 is 0. The maximum absolute atomic E-state index is 11.6. The Kier molecular flexibility index (Phi) is 5.15. The number of unbranched alkanes of at least 4 members (excludes halogenated alkanes) is 1. The van der Waals surface area contributed by atoms with Gasteiger partial charge in [0.2, 0.25) is 5.91 Å². The zero-order valence-corrected chi connectivity index (χ0v) is 9.84. The molecule has 0 saturated carbocycles. The van der Waals surface area contributed by atoms with Crippen molar-refractivity contribution in [3.05, 3.63) is 29.8 Å². The summed E-state index contributed by atoms with van der Waals surface area (Å²) in [4.78, 5) is 11.6. The second-order valence-electron chi connectivity index (χ2n) is 3.64. The average Bonchev–Trinajstić information content (AvgIpc) is 2.28. The van der Waals surface area contributed by atoms with Gasteiger partial charge in [-0.2, -0.15) is 0 Å². The molecular formula is C14H17NO. The van der Waals surface area contributed by atoms with Crippen molar-refractivity contribution in [1.29, 1.82) is 0 Å². The maximum Gasteiger partial charge on any atom is 0.224 e. The molecule has 0 fully saturated rings. The van der Waals surface area contributed by atoms with E-state index < -0.39 is 0 Å². The van der Waals surface area contributed by atoms with Gasteiger partial charge < -0.3 is 5.32 Å². The van der Waals surface area contributed by atoms with Crippen molar-refractivity contribution in [2.24, 2.45) is 0 Å². The predicted molar refractivity (Wildman–Crippen MR) is 67.1 cm³/mol. The van der Waals surface area contributed by atoms with Crippen molar-refractivity contribution in [3.63, 3.8) is 0 Å². The highest BCUT2D eigenvalue weighted by Crippen LogP contribution is 2.13. The fourth-order valence-electron chi connectivity index (χ4n) is 1.39. The first kappa shape index (κ1) is 12.3. The van der Waals surface area contributed by atoms with Gasteiger partial charge in [0.05, 0.1) is 0 Å². The summed E-state index contributed by atoms with van der Waals surface area (Å²) in [6, 6.07) is 7.78. The molecule has 0 bridgehead atoms. The number of para-hydroxylation sites is 1. The molecule has 0 saturated heterocycles. The number of hydrogen-bond acceptors (Lipinski definition) is 1. The molecule has 1 aromatic rings. The molecule has 0 aromatic heterocycles. The van der Waals surface area contributed by atoms with Crippen molar-refractivity contribution in [2.45, 2.75) is 33.1 Å². The Morgan fingerprint density at radius 2 is 2.12 bits per heavy atom. The van der Waals surface area contributed by atoms with Crippen LogP contribution in [0.2, 0.25) is 0 Å². The average molecular weight is 215 g/mol. The Morgan fingerprint density at radius 1 is 1.38 bits per heavy atom. The molecule has 1 rings (SSSR count). The Morgan fingerprint density at radius 3 is 2.81 bits per heavy atom. The minimum atomic E-state index is 0.0622. The van der Waals surface area contributed by atoms with Gasteiger partial charge in [-0.15, -0.1) is 11.8 Å². The van der Waals surface area contributed by atoms with Crippen LogP contribution in [0.15, 0.2) is 24.3 Å². The van der Waals surface area contributed by atoms with Crippen LogP contribution in [-0.2, 0) is 4.79 Å². The number of benzene rings is 1. The highest BCUT2D eigenvalue weighted by molar-refractivity contribution is 5.91. The highest BCUT2D eigenvalue weighted by atomic mass is 16.1. The van der Waals surface area contributed by atoms with Crippen LogP contribution in [0.4, 0.5) is 5.69 Å². The summed E-state index contributed by atoms with van der Waals surface area (Å²) in [6.07, 6.45) is 2.14. The monoisotopic (exact) mass is 215 g/mol. The molecule has 1 N–H and O–H groups in total. The number of anilines is 1. The van der Waals surface area contributed by atoms with Gasteiger partial charge in [-0.05, 0) is 31.9 Å². The van der Waals surface area contributed by atoms with Gasteiger partial charge in [-0.25, -0.2) is 0 Å². The highest BCUT2D eigenvalue weighted by Gasteiger charge is 2.02. The van der Waals surface area contributed by atoms with E-state index in [2.05, 4.69) is 17.2 Å². The van der Waals surface area contributed by atoms with E-state index in [0.29, 0.717) is 6.42 Å². The lowest BCUT2D eigenvalue weighted by Gasteiger charge is -2.07. The zero-order valence-electron chi connectivity index (χ0n) is 9.84. The van der Waals surface area contributed by atoms with E-state index in [1.54, 1.807) is 0 Å². The molecule has 0 aliphatic rings. The molecule has 2 heteroatoms. The lowest BCUT2D eigenvalue weighted by molar-refractivity contribution is -0.116. The van der Waals surface area contributed by atoms with Gasteiger partial charge in [-0.1, -0.05) is 18.2 Å². The van der Waals surface area contributed by atoms with Gasteiger partial charge in [0.1, 0.15) is 0 Å². The maximum atomic E-state index is 11.6. The third-order valence-corrected chi connectivity index (χ3v) is 2.30. The fourth-order valence-corrected chi connectivity index (χ4v) is 1.39. The van der Waals surface area contributed by atoms with Gasteiger partial charge in [-0.3, -0.25) is 4.79 Å².